The first kappa shape index (κ1) is 32.3. The summed E-state index contributed by atoms with van der Waals surface area (Å²) in [6.07, 6.45) is 4.44. The standard InChI is InChI=1S/C27H46N2O3.C2H6/c1-9-10-23(19-20(2)3)24(30)21-11-13-22(14-12-21)25(31)29-26(4,5)16-18-32-27(6,7)15-17-28-8;1-2/h11-14,20,23,28H,9-10,15-19H2,1-8H3,(H,29,31);1-2H3. The molecule has 1 atom stereocenters. The molecule has 196 valence electrons. The van der Waals surface area contributed by atoms with Crippen LogP contribution in [0.1, 0.15) is 115 Å². The van der Waals surface area contributed by atoms with Gasteiger partial charge in [0.1, 0.15) is 0 Å². The molecule has 1 aromatic carbocycles. The van der Waals surface area contributed by atoms with Crippen LogP contribution in [0.4, 0.5) is 0 Å². The van der Waals surface area contributed by atoms with Crippen LogP contribution >= 0.6 is 0 Å². The summed E-state index contributed by atoms with van der Waals surface area (Å²) in [6, 6.07) is 7.10. The first-order valence-electron chi connectivity index (χ1n) is 13.2. The van der Waals surface area contributed by atoms with Crippen LogP contribution < -0.4 is 10.6 Å². The molecule has 0 aliphatic carbocycles. The molecule has 0 aromatic heterocycles. The first-order chi connectivity index (χ1) is 15.9. The van der Waals surface area contributed by atoms with E-state index in [0.29, 0.717) is 30.1 Å². The van der Waals surface area contributed by atoms with Crippen molar-refractivity contribution < 1.29 is 14.3 Å². The fraction of sp³-hybridized carbons (Fsp3) is 0.724. The van der Waals surface area contributed by atoms with Gasteiger partial charge in [-0.2, -0.15) is 0 Å². The summed E-state index contributed by atoms with van der Waals surface area (Å²) in [4.78, 5) is 25.7. The maximum atomic E-state index is 12.9. The molecular weight excluding hydrogens is 424 g/mol. The molecule has 34 heavy (non-hydrogen) atoms. The SMILES string of the molecule is CC.CCCC(CC(C)C)C(=O)c1ccc(C(=O)NC(C)(C)CCOC(C)(C)CCNC)cc1. The van der Waals surface area contributed by atoms with E-state index < -0.39 is 5.54 Å². The minimum absolute atomic E-state index is 0.0518. The molecule has 0 bridgehead atoms. The van der Waals surface area contributed by atoms with Crippen LogP contribution in [0.15, 0.2) is 24.3 Å². The van der Waals surface area contributed by atoms with Gasteiger partial charge in [0.05, 0.1) is 5.60 Å². The lowest BCUT2D eigenvalue weighted by atomic mass is 9.86. The Labute approximate surface area is 209 Å². The van der Waals surface area contributed by atoms with Gasteiger partial charge in [0.15, 0.2) is 5.78 Å². The molecule has 0 aliphatic heterocycles. The van der Waals surface area contributed by atoms with Gasteiger partial charge in [0.2, 0.25) is 0 Å². The summed E-state index contributed by atoms with van der Waals surface area (Å²) in [7, 11) is 1.94. The number of hydrogen-bond donors (Lipinski definition) is 2. The molecule has 0 spiro atoms. The normalized spacial score (nSPS) is 12.7. The third-order valence-electron chi connectivity index (χ3n) is 5.84. The van der Waals surface area contributed by atoms with E-state index in [4.69, 9.17) is 4.74 Å². The average molecular weight is 477 g/mol. The topological polar surface area (TPSA) is 67.4 Å². The highest BCUT2D eigenvalue weighted by Crippen LogP contribution is 2.23. The van der Waals surface area contributed by atoms with Gasteiger partial charge in [-0.15, -0.1) is 0 Å². The predicted octanol–water partition coefficient (Wildman–Crippen LogP) is 6.66. The zero-order valence-corrected chi connectivity index (χ0v) is 23.6. The molecular formula is C29H52N2O3. The Morgan fingerprint density at radius 1 is 0.971 bits per heavy atom. The Kier molecular flexibility index (Phi) is 15.2. The second-order valence-electron chi connectivity index (χ2n) is 10.6. The molecule has 1 rings (SSSR count). The van der Waals surface area contributed by atoms with Crippen molar-refractivity contribution in [3.63, 3.8) is 0 Å². The van der Waals surface area contributed by atoms with Gasteiger partial charge >= 0.3 is 0 Å². The fourth-order valence-electron chi connectivity index (χ4n) is 3.82. The number of carbonyl (C=O) groups is 2. The summed E-state index contributed by atoms with van der Waals surface area (Å²) in [6.45, 7) is 20.1. The van der Waals surface area contributed by atoms with E-state index in [1.54, 1.807) is 24.3 Å². The molecule has 1 aromatic rings. The van der Waals surface area contributed by atoms with E-state index in [1.807, 2.05) is 34.7 Å². The van der Waals surface area contributed by atoms with E-state index in [1.165, 1.54) is 0 Å². The molecule has 1 amide bonds. The number of ketones is 1. The van der Waals surface area contributed by atoms with Crippen molar-refractivity contribution in [3.05, 3.63) is 35.4 Å². The van der Waals surface area contributed by atoms with Crippen LogP contribution in [-0.2, 0) is 4.74 Å². The Bertz CT molecular complexity index is 709. The summed E-state index contributed by atoms with van der Waals surface area (Å²) in [5.74, 6) is 0.596. The minimum Gasteiger partial charge on any atom is -0.375 e. The Morgan fingerprint density at radius 2 is 1.53 bits per heavy atom. The van der Waals surface area contributed by atoms with Crippen molar-refractivity contribution in [2.24, 2.45) is 11.8 Å². The quantitative estimate of drug-likeness (QED) is 0.278. The molecule has 0 fully saturated rings. The first-order valence-corrected chi connectivity index (χ1v) is 13.2. The van der Waals surface area contributed by atoms with Crippen LogP contribution in [-0.4, -0.2) is 43.0 Å². The number of amides is 1. The van der Waals surface area contributed by atoms with E-state index in [9.17, 15) is 9.59 Å². The maximum absolute atomic E-state index is 12.9. The average Bonchev–Trinajstić information content (AvgIpc) is 2.77. The second-order valence-corrected chi connectivity index (χ2v) is 10.6. The lowest BCUT2D eigenvalue weighted by Gasteiger charge is -2.30. The number of nitrogens with one attached hydrogen (secondary N) is 2. The molecule has 0 saturated heterocycles. The molecule has 0 saturated carbocycles. The van der Waals surface area contributed by atoms with E-state index in [0.717, 1.165) is 32.2 Å². The summed E-state index contributed by atoms with van der Waals surface area (Å²) in [5, 5.41) is 6.25. The van der Waals surface area contributed by atoms with Crippen LogP contribution in [0.3, 0.4) is 0 Å². The number of rotatable bonds is 15. The highest BCUT2D eigenvalue weighted by Gasteiger charge is 2.25. The molecule has 5 nitrogen and oxygen atoms in total. The van der Waals surface area contributed by atoms with E-state index in [-0.39, 0.29) is 23.2 Å². The molecule has 5 heteroatoms. The third-order valence-corrected chi connectivity index (χ3v) is 5.84. The summed E-state index contributed by atoms with van der Waals surface area (Å²) < 4.78 is 6.04. The van der Waals surface area contributed by atoms with Crippen LogP contribution in [0.25, 0.3) is 0 Å². The molecule has 0 heterocycles. The van der Waals surface area contributed by atoms with E-state index in [2.05, 4.69) is 45.3 Å². The van der Waals surface area contributed by atoms with Crippen molar-refractivity contribution in [1.29, 1.82) is 0 Å². The number of carbonyl (C=O) groups excluding carboxylic acids is 2. The predicted molar refractivity (Wildman–Crippen MR) is 145 cm³/mol. The molecule has 0 aliphatic rings. The van der Waals surface area contributed by atoms with Gasteiger partial charge in [-0.25, -0.2) is 0 Å². The summed E-state index contributed by atoms with van der Waals surface area (Å²) in [5.41, 5.74) is 0.670. The van der Waals surface area contributed by atoms with Gasteiger partial charge in [-0.1, -0.05) is 53.2 Å². The lowest BCUT2D eigenvalue weighted by molar-refractivity contribution is -0.0297. The van der Waals surface area contributed by atoms with Crippen LogP contribution in [0.5, 0.6) is 0 Å². The molecule has 2 N–H and O–H groups in total. The lowest BCUT2D eigenvalue weighted by Crippen LogP contribution is -2.44. The second kappa shape index (κ2) is 16.0. The third kappa shape index (κ3) is 12.7. The molecule has 0 radical (unpaired) electrons. The van der Waals surface area contributed by atoms with Crippen LogP contribution in [0.2, 0.25) is 0 Å². The van der Waals surface area contributed by atoms with Gasteiger partial charge in [-0.3, -0.25) is 9.59 Å². The van der Waals surface area contributed by atoms with Crippen molar-refractivity contribution in [2.45, 2.75) is 106 Å². The Balaban J connectivity index is 0.00000529. The van der Waals surface area contributed by atoms with E-state index >= 15 is 0 Å². The smallest absolute Gasteiger partial charge is 0.251 e. The monoisotopic (exact) mass is 476 g/mol. The van der Waals surface area contributed by atoms with Crippen molar-refractivity contribution in [3.8, 4) is 0 Å². The highest BCUT2D eigenvalue weighted by atomic mass is 16.5. The van der Waals surface area contributed by atoms with Gasteiger partial charge in [0.25, 0.3) is 5.91 Å². The van der Waals surface area contributed by atoms with Crippen LogP contribution in [0, 0.1) is 11.8 Å². The Morgan fingerprint density at radius 3 is 2.03 bits per heavy atom. The number of ether oxygens (including phenoxy) is 1. The highest BCUT2D eigenvalue weighted by molar-refractivity contribution is 6.00. The van der Waals surface area contributed by atoms with Gasteiger partial charge in [0, 0.05) is 29.2 Å². The summed E-state index contributed by atoms with van der Waals surface area (Å²) >= 11 is 0. The fourth-order valence-corrected chi connectivity index (χ4v) is 3.82. The van der Waals surface area contributed by atoms with Crippen molar-refractivity contribution in [2.75, 3.05) is 20.2 Å². The van der Waals surface area contributed by atoms with Gasteiger partial charge < -0.3 is 15.4 Å². The maximum Gasteiger partial charge on any atom is 0.251 e. The number of benzene rings is 1. The van der Waals surface area contributed by atoms with Crippen molar-refractivity contribution >= 4 is 11.7 Å². The van der Waals surface area contributed by atoms with Gasteiger partial charge in [-0.05, 0) is 85.0 Å². The van der Waals surface area contributed by atoms with Crippen molar-refractivity contribution in [1.82, 2.24) is 10.6 Å². The zero-order valence-electron chi connectivity index (χ0n) is 23.6. The zero-order chi connectivity index (χ0) is 26.4. The number of Topliss-reactive ketones (excluding diaryl/α,β-unsaturated/α-hetero) is 1. The number of hydrogen-bond acceptors (Lipinski definition) is 4. The molecule has 1 unspecified atom stereocenters. The minimum atomic E-state index is -0.395. The largest absolute Gasteiger partial charge is 0.375 e. The Hall–Kier alpha value is -1.72.